The highest BCUT2D eigenvalue weighted by Gasteiger charge is 2.32. The van der Waals surface area contributed by atoms with Crippen LogP contribution in [0.25, 0.3) is 10.9 Å². The van der Waals surface area contributed by atoms with Gasteiger partial charge in [0.1, 0.15) is 11.5 Å². The number of H-pyrrole nitrogens is 1. The molecule has 1 aliphatic rings. The number of para-hydroxylation sites is 1. The van der Waals surface area contributed by atoms with Gasteiger partial charge in [-0.05, 0) is 66.1 Å². The van der Waals surface area contributed by atoms with Crippen LogP contribution in [0.3, 0.4) is 0 Å². The van der Waals surface area contributed by atoms with Gasteiger partial charge in [-0.3, -0.25) is 0 Å². The van der Waals surface area contributed by atoms with Crippen LogP contribution in [-0.2, 0) is 17.8 Å². The summed E-state index contributed by atoms with van der Waals surface area (Å²) in [5, 5.41) is 10.9. The molecule has 0 saturated carbocycles. The van der Waals surface area contributed by atoms with E-state index in [4.69, 9.17) is 14.2 Å². The lowest BCUT2D eigenvalue weighted by Crippen LogP contribution is -2.43. The summed E-state index contributed by atoms with van der Waals surface area (Å²) in [7, 11) is 1.67. The van der Waals surface area contributed by atoms with Gasteiger partial charge in [-0.25, -0.2) is 4.79 Å². The summed E-state index contributed by atoms with van der Waals surface area (Å²) >= 11 is 0. The third kappa shape index (κ3) is 6.55. The number of carbonyl (C=O) groups is 1. The van der Waals surface area contributed by atoms with Crippen LogP contribution in [0.1, 0.15) is 35.4 Å². The van der Waals surface area contributed by atoms with Crippen molar-refractivity contribution in [1.82, 2.24) is 9.88 Å². The van der Waals surface area contributed by atoms with E-state index in [0.717, 1.165) is 41.8 Å². The summed E-state index contributed by atoms with van der Waals surface area (Å²) in [6.07, 6.45) is 3.55. The molecule has 7 heteroatoms. The number of hydrogen-bond donors (Lipinski definition) is 2. The average Bonchev–Trinajstić information content (AvgIpc) is 3.45. The smallest absolute Gasteiger partial charge is 0.407 e. The van der Waals surface area contributed by atoms with Crippen molar-refractivity contribution < 1.29 is 24.1 Å². The van der Waals surface area contributed by atoms with Gasteiger partial charge in [0.2, 0.25) is 0 Å². The molecule has 1 amide bonds. The molecule has 2 N–H and O–H groups in total. The van der Waals surface area contributed by atoms with Crippen LogP contribution < -0.4 is 9.47 Å². The Bertz CT molecular complexity index is 1370. The fraction of sp³-hybridized carbons (Fsp3) is 0.344. The molecule has 2 unspecified atom stereocenters. The highest BCUT2D eigenvalue weighted by molar-refractivity contribution is 5.82. The minimum absolute atomic E-state index is 0.197. The molecule has 1 aromatic heterocycles. The van der Waals surface area contributed by atoms with E-state index < -0.39 is 6.09 Å². The number of nitrogens with zero attached hydrogens (tertiary/aromatic N) is 1. The molecular weight excluding hydrogens is 492 g/mol. The molecule has 0 bridgehead atoms. The second-order valence-electron chi connectivity index (χ2n) is 10.1. The highest BCUT2D eigenvalue weighted by atomic mass is 16.5. The molecule has 7 nitrogen and oxygen atoms in total. The summed E-state index contributed by atoms with van der Waals surface area (Å²) < 4.78 is 17.1. The number of aromatic nitrogens is 1. The third-order valence-electron chi connectivity index (χ3n) is 7.63. The van der Waals surface area contributed by atoms with E-state index in [0.29, 0.717) is 32.9 Å². The van der Waals surface area contributed by atoms with Crippen molar-refractivity contribution in [3.05, 3.63) is 95.7 Å². The number of likely N-dealkylation sites (tertiary alicyclic amines) is 1. The predicted octanol–water partition coefficient (Wildman–Crippen LogP) is 6.49. The van der Waals surface area contributed by atoms with Crippen LogP contribution in [0.5, 0.6) is 11.5 Å². The fourth-order valence-corrected chi connectivity index (χ4v) is 5.63. The zero-order valence-corrected chi connectivity index (χ0v) is 22.3. The SMILES string of the molecule is COc1ccccc1COCCCOc1ccc(C2CCN(C(=O)O)CC2Cc2cccc3[nH]ccc23)cc1. The summed E-state index contributed by atoms with van der Waals surface area (Å²) in [6.45, 7) is 2.78. The first-order valence-electron chi connectivity index (χ1n) is 13.6. The Balaban J connectivity index is 1.16. The number of nitrogens with one attached hydrogen (secondary N) is 1. The van der Waals surface area contributed by atoms with Gasteiger partial charge in [-0.2, -0.15) is 0 Å². The predicted molar refractivity (Wildman–Crippen MR) is 152 cm³/mol. The molecule has 1 fully saturated rings. The number of amides is 1. The molecular formula is C32H36N2O5. The largest absolute Gasteiger partial charge is 0.496 e. The minimum atomic E-state index is -0.839. The zero-order valence-electron chi connectivity index (χ0n) is 22.3. The van der Waals surface area contributed by atoms with Gasteiger partial charge < -0.3 is 29.2 Å². The monoisotopic (exact) mass is 528 g/mol. The Labute approximate surface area is 229 Å². The first-order valence-corrected chi connectivity index (χ1v) is 13.6. The number of hydrogen-bond acceptors (Lipinski definition) is 4. The number of methoxy groups -OCH3 is 1. The van der Waals surface area contributed by atoms with E-state index >= 15 is 0 Å². The lowest BCUT2D eigenvalue weighted by atomic mass is 9.77. The number of aromatic amines is 1. The number of ether oxygens (including phenoxy) is 3. The van der Waals surface area contributed by atoms with Crippen LogP contribution >= 0.6 is 0 Å². The molecule has 4 aromatic rings. The Morgan fingerprint density at radius 1 is 1.00 bits per heavy atom. The molecule has 1 aliphatic heterocycles. The van der Waals surface area contributed by atoms with E-state index in [1.54, 1.807) is 12.0 Å². The van der Waals surface area contributed by atoms with Gasteiger partial charge in [0, 0.05) is 42.2 Å². The van der Waals surface area contributed by atoms with Gasteiger partial charge in [0.25, 0.3) is 0 Å². The molecule has 0 radical (unpaired) electrons. The number of carboxylic acid groups (broad SMARTS) is 1. The van der Waals surface area contributed by atoms with Crippen molar-refractivity contribution in [3.8, 4) is 11.5 Å². The standard InChI is InChI=1S/C32H36N2O5/c1-37-31-9-3-2-6-25(31)22-38-18-5-19-39-27-12-10-23(11-13-27)28-15-17-34(32(35)36)21-26(28)20-24-7-4-8-30-29(24)14-16-33-30/h2-4,6-14,16,26,28,33H,5,15,17-22H2,1H3,(H,35,36). The van der Waals surface area contributed by atoms with Gasteiger partial charge in [0.15, 0.2) is 0 Å². The number of rotatable bonds is 11. The van der Waals surface area contributed by atoms with Crippen LogP contribution in [0.15, 0.2) is 79.0 Å². The maximum atomic E-state index is 11.8. The molecule has 2 heterocycles. The molecule has 0 aliphatic carbocycles. The Morgan fingerprint density at radius 3 is 2.64 bits per heavy atom. The lowest BCUT2D eigenvalue weighted by molar-refractivity contribution is 0.105. The Morgan fingerprint density at radius 2 is 1.82 bits per heavy atom. The van der Waals surface area contributed by atoms with Crippen LogP contribution in [0.2, 0.25) is 0 Å². The second-order valence-corrected chi connectivity index (χ2v) is 10.1. The van der Waals surface area contributed by atoms with Gasteiger partial charge in [0.05, 0.1) is 26.9 Å². The van der Waals surface area contributed by atoms with E-state index in [1.165, 1.54) is 16.5 Å². The molecule has 5 rings (SSSR count). The topological polar surface area (TPSA) is 84.0 Å². The Hall–Kier alpha value is -3.97. The summed E-state index contributed by atoms with van der Waals surface area (Å²) in [5.41, 5.74) is 4.64. The normalized spacial score (nSPS) is 17.3. The van der Waals surface area contributed by atoms with Gasteiger partial charge >= 0.3 is 6.09 Å². The van der Waals surface area contributed by atoms with Crippen molar-refractivity contribution in [1.29, 1.82) is 0 Å². The molecule has 39 heavy (non-hydrogen) atoms. The average molecular weight is 529 g/mol. The van der Waals surface area contributed by atoms with Crippen LogP contribution in [0, 0.1) is 5.92 Å². The second kappa shape index (κ2) is 12.7. The third-order valence-corrected chi connectivity index (χ3v) is 7.63. The summed E-state index contributed by atoms with van der Waals surface area (Å²) in [5.74, 6) is 2.15. The summed E-state index contributed by atoms with van der Waals surface area (Å²) in [6, 6.07) is 24.6. The number of piperidine rings is 1. The van der Waals surface area contributed by atoms with E-state index in [-0.39, 0.29) is 11.8 Å². The molecule has 3 aromatic carbocycles. The van der Waals surface area contributed by atoms with Crippen molar-refractivity contribution in [2.75, 3.05) is 33.4 Å². The highest BCUT2D eigenvalue weighted by Crippen LogP contribution is 2.37. The van der Waals surface area contributed by atoms with Crippen molar-refractivity contribution in [3.63, 3.8) is 0 Å². The number of benzene rings is 3. The fourth-order valence-electron chi connectivity index (χ4n) is 5.63. The van der Waals surface area contributed by atoms with Crippen LogP contribution in [0.4, 0.5) is 4.79 Å². The molecule has 2 atom stereocenters. The Kier molecular flexibility index (Phi) is 8.68. The maximum Gasteiger partial charge on any atom is 0.407 e. The van der Waals surface area contributed by atoms with Crippen molar-refractivity contribution in [2.24, 2.45) is 5.92 Å². The zero-order chi connectivity index (χ0) is 27.0. The van der Waals surface area contributed by atoms with Crippen molar-refractivity contribution in [2.45, 2.75) is 31.8 Å². The number of fused-ring (bicyclic) bond motifs is 1. The quantitative estimate of drug-likeness (QED) is 0.218. The van der Waals surface area contributed by atoms with Gasteiger partial charge in [-0.1, -0.05) is 42.5 Å². The molecule has 204 valence electrons. The summed E-state index contributed by atoms with van der Waals surface area (Å²) in [4.78, 5) is 16.6. The van der Waals surface area contributed by atoms with E-state index in [9.17, 15) is 9.90 Å². The van der Waals surface area contributed by atoms with E-state index in [1.807, 2.05) is 42.6 Å². The van der Waals surface area contributed by atoms with Crippen molar-refractivity contribution >= 4 is 17.0 Å². The van der Waals surface area contributed by atoms with Gasteiger partial charge in [-0.15, -0.1) is 0 Å². The molecule has 0 spiro atoms. The minimum Gasteiger partial charge on any atom is -0.496 e. The van der Waals surface area contributed by atoms with Crippen LogP contribution in [-0.4, -0.2) is 54.5 Å². The van der Waals surface area contributed by atoms with E-state index in [2.05, 4.69) is 41.4 Å². The lowest BCUT2D eigenvalue weighted by Gasteiger charge is -2.38. The first kappa shape index (κ1) is 26.6. The molecule has 1 saturated heterocycles. The first-order chi connectivity index (χ1) is 19.1. The maximum absolute atomic E-state index is 11.8.